The van der Waals surface area contributed by atoms with E-state index in [1.807, 2.05) is 18.7 Å². The number of nitrogens with two attached hydrogens (primary N) is 1. The second kappa shape index (κ2) is 5.33. The number of nitrogens with zero attached hydrogens (tertiary/aromatic N) is 1. The number of morpholine rings is 1. The third-order valence-corrected chi connectivity index (χ3v) is 3.57. The third kappa shape index (κ3) is 2.61. The van der Waals surface area contributed by atoms with Crippen molar-refractivity contribution in [3.05, 3.63) is 0 Å². The molecule has 4 atom stereocenters. The smallest absolute Gasteiger partial charge is 0.252 e. The van der Waals surface area contributed by atoms with E-state index in [-0.39, 0.29) is 30.2 Å². The van der Waals surface area contributed by atoms with Gasteiger partial charge in [0.15, 0.2) is 0 Å². The summed E-state index contributed by atoms with van der Waals surface area (Å²) in [6.07, 6.45) is 1.43. The molecule has 2 fully saturated rings. The van der Waals surface area contributed by atoms with Crippen LogP contribution in [-0.4, -0.2) is 54.9 Å². The van der Waals surface area contributed by atoms with E-state index in [0.717, 1.165) is 12.8 Å². The van der Waals surface area contributed by atoms with Gasteiger partial charge in [-0.15, -0.1) is 0 Å². The van der Waals surface area contributed by atoms with Crippen molar-refractivity contribution in [2.24, 2.45) is 5.73 Å². The van der Waals surface area contributed by atoms with Crippen molar-refractivity contribution in [3.8, 4) is 0 Å². The van der Waals surface area contributed by atoms with Crippen LogP contribution in [0.3, 0.4) is 0 Å². The predicted octanol–water partition coefficient (Wildman–Crippen LogP) is 0.129. The van der Waals surface area contributed by atoms with Gasteiger partial charge in [-0.25, -0.2) is 0 Å². The van der Waals surface area contributed by atoms with Crippen molar-refractivity contribution in [2.45, 2.75) is 51.0 Å². The average Bonchev–Trinajstić information content (AvgIpc) is 2.77. The lowest BCUT2D eigenvalue weighted by Gasteiger charge is -2.40. The Kier molecular flexibility index (Phi) is 4.01. The van der Waals surface area contributed by atoms with E-state index in [9.17, 15) is 4.79 Å². The van der Waals surface area contributed by atoms with E-state index in [4.69, 9.17) is 15.2 Å². The number of hydrogen-bond donors (Lipinski definition) is 1. The first-order chi connectivity index (χ1) is 8.13. The van der Waals surface area contributed by atoms with Crippen LogP contribution < -0.4 is 5.73 Å². The van der Waals surface area contributed by atoms with Crippen LogP contribution in [0.4, 0.5) is 0 Å². The normalized spacial score (nSPS) is 38.4. The van der Waals surface area contributed by atoms with E-state index in [2.05, 4.69) is 0 Å². The molecule has 0 aliphatic carbocycles. The summed E-state index contributed by atoms with van der Waals surface area (Å²) in [7, 11) is 0. The SMILES string of the molecule is CC1COCC(C)N1C(=O)[C@@H]1CC[C@H](CN)O1. The maximum absolute atomic E-state index is 12.4. The minimum Gasteiger partial charge on any atom is -0.377 e. The Morgan fingerprint density at radius 2 is 1.94 bits per heavy atom. The maximum Gasteiger partial charge on any atom is 0.252 e. The molecule has 0 radical (unpaired) electrons. The zero-order valence-electron chi connectivity index (χ0n) is 10.6. The predicted molar refractivity (Wildman–Crippen MR) is 63.5 cm³/mol. The Hall–Kier alpha value is -0.650. The third-order valence-electron chi connectivity index (χ3n) is 3.57. The molecule has 2 unspecified atom stereocenters. The lowest BCUT2D eigenvalue weighted by Crippen LogP contribution is -2.55. The molecule has 2 rings (SSSR count). The standard InChI is InChI=1S/C12H22N2O3/c1-8-6-16-7-9(2)14(8)12(15)11-4-3-10(5-13)17-11/h8-11H,3-7,13H2,1-2H3/t8?,9?,10-,11+/m1/s1. The molecule has 1 amide bonds. The van der Waals surface area contributed by atoms with E-state index in [1.165, 1.54) is 0 Å². The van der Waals surface area contributed by atoms with E-state index in [1.54, 1.807) is 0 Å². The van der Waals surface area contributed by atoms with Gasteiger partial charge >= 0.3 is 0 Å². The summed E-state index contributed by atoms with van der Waals surface area (Å²) in [5.41, 5.74) is 5.56. The van der Waals surface area contributed by atoms with Gasteiger partial charge in [0.25, 0.3) is 5.91 Å². The highest BCUT2D eigenvalue weighted by molar-refractivity contribution is 5.82. The van der Waals surface area contributed by atoms with Crippen molar-refractivity contribution < 1.29 is 14.3 Å². The monoisotopic (exact) mass is 242 g/mol. The zero-order valence-corrected chi connectivity index (χ0v) is 10.6. The van der Waals surface area contributed by atoms with Crippen molar-refractivity contribution in [1.29, 1.82) is 0 Å². The van der Waals surface area contributed by atoms with Crippen LogP contribution in [-0.2, 0) is 14.3 Å². The highest BCUT2D eigenvalue weighted by Gasteiger charge is 2.37. The molecule has 5 nitrogen and oxygen atoms in total. The van der Waals surface area contributed by atoms with Crippen LogP contribution in [0.25, 0.3) is 0 Å². The molecule has 5 heteroatoms. The number of carbonyl (C=O) groups excluding carboxylic acids is 1. The molecular weight excluding hydrogens is 220 g/mol. The van der Waals surface area contributed by atoms with Crippen LogP contribution >= 0.6 is 0 Å². The summed E-state index contributed by atoms with van der Waals surface area (Å²) >= 11 is 0. The molecule has 0 saturated carbocycles. The van der Waals surface area contributed by atoms with E-state index in [0.29, 0.717) is 19.8 Å². The van der Waals surface area contributed by atoms with E-state index >= 15 is 0 Å². The molecule has 2 saturated heterocycles. The Morgan fingerprint density at radius 1 is 1.29 bits per heavy atom. The summed E-state index contributed by atoms with van der Waals surface area (Å²) in [5, 5.41) is 0. The van der Waals surface area contributed by atoms with Gasteiger partial charge in [0.1, 0.15) is 6.10 Å². The van der Waals surface area contributed by atoms with Crippen LogP contribution in [0.2, 0.25) is 0 Å². The second-order valence-electron chi connectivity index (χ2n) is 5.04. The summed E-state index contributed by atoms with van der Waals surface area (Å²) in [4.78, 5) is 14.3. The largest absolute Gasteiger partial charge is 0.377 e. The Balaban J connectivity index is 1.99. The van der Waals surface area contributed by atoms with Crippen molar-refractivity contribution in [2.75, 3.05) is 19.8 Å². The van der Waals surface area contributed by atoms with Crippen LogP contribution in [0, 0.1) is 0 Å². The molecule has 98 valence electrons. The second-order valence-corrected chi connectivity index (χ2v) is 5.04. The maximum atomic E-state index is 12.4. The molecule has 0 aromatic carbocycles. The lowest BCUT2D eigenvalue weighted by molar-refractivity contribution is -0.155. The summed E-state index contributed by atoms with van der Waals surface area (Å²) in [6, 6.07) is 0.263. The minimum absolute atomic E-state index is 0.0515. The first-order valence-electron chi connectivity index (χ1n) is 6.39. The number of rotatable bonds is 2. The Labute approximate surface area is 102 Å². The van der Waals surface area contributed by atoms with Gasteiger partial charge in [0, 0.05) is 6.54 Å². The summed E-state index contributed by atoms with van der Waals surface area (Å²) < 4.78 is 11.1. The minimum atomic E-state index is -0.299. The molecular formula is C12H22N2O3. The molecule has 2 heterocycles. The fourth-order valence-corrected chi connectivity index (χ4v) is 2.67. The molecule has 0 aromatic heterocycles. The van der Waals surface area contributed by atoms with Crippen LogP contribution in [0.15, 0.2) is 0 Å². The van der Waals surface area contributed by atoms with Gasteiger partial charge in [0.2, 0.25) is 0 Å². The topological polar surface area (TPSA) is 64.8 Å². The quantitative estimate of drug-likeness (QED) is 0.747. The molecule has 2 N–H and O–H groups in total. The van der Waals surface area contributed by atoms with Gasteiger partial charge in [0.05, 0.1) is 31.4 Å². The Bertz CT molecular complexity index is 275. The van der Waals surface area contributed by atoms with Gasteiger partial charge in [-0.2, -0.15) is 0 Å². The summed E-state index contributed by atoms with van der Waals surface area (Å²) in [5.74, 6) is 0.101. The van der Waals surface area contributed by atoms with Gasteiger partial charge in [-0.1, -0.05) is 0 Å². The zero-order chi connectivity index (χ0) is 12.4. The molecule has 17 heavy (non-hydrogen) atoms. The van der Waals surface area contributed by atoms with Gasteiger partial charge < -0.3 is 20.1 Å². The molecule has 0 bridgehead atoms. The molecule has 0 spiro atoms. The van der Waals surface area contributed by atoms with Gasteiger partial charge in [-0.05, 0) is 26.7 Å². The average molecular weight is 242 g/mol. The summed E-state index contributed by atoms with van der Waals surface area (Å²) in [6.45, 7) is 5.76. The lowest BCUT2D eigenvalue weighted by atomic mass is 10.1. The Morgan fingerprint density at radius 3 is 2.47 bits per heavy atom. The number of hydrogen-bond acceptors (Lipinski definition) is 4. The fourth-order valence-electron chi connectivity index (χ4n) is 2.67. The molecule has 2 aliphatic heterocycles. The highest BCUT2D eigenvalue weighted by Crippen LogP contribution is 2.24. The van der Waals surface area contributed by atoms with Crippen molar-refractivity contribution in [1.82, 2.24) is 4.90 Å². The van der Waals surface area contributed by atoms with Crippen LogP contribution in [0.1, 0.15) is 26.7 Å². The van der Waals surface area contributed by atoms with Gasteiger partial charge in [-0.3, -0.25) is 4.79 Å². The number of ether oxygens (including phenoxy) is 2. The fraction of sp³-hybridized carbons (Fsp3) is 0.917. The van der Waals surface area contributed by atoms with Crippen LogP contribution in [0.5, 0.6) is 0 Å². The van der Waals surface area contributed by atoms with E-state index < -0.39 is 0 Å². The van der Waals surface area contributed by atoms with Crippen molar-refractivity contribution in [3.63, 3.8) is 0 Å². The first kappa shape index (κ1) is 12.8. The number of amides is 1. The molecule has 0 aromatic rings. The first-order valence-corrected chi connectivity index (χ1v) is 6.39. The van der Waals surface area contributed by atoms with Crippen molar-refractivity contribution >= 4 is 5.91 Å². The molecule has 2 aliphatic rings. The number of carbonyl (C=O) groups is 1. The highest BCUT2D eigenvalue weighted by atomic mass is 16.5.